The average Bonchev–Trinajstić information content (AvgIpc) is 2.84. The number of halogens is 3. The molecule has 1 aliphatic heterocycles. The van der Waals surface area contributed by atoms with Crippen molar-refractivity contribution in [1.82, 2.24) is 5.32 Å². The molecule has 0 spiro atoms. The topological polar surface area (TPSA) is 21.3 Å². The van der Waals surface area contributed by atoms with Crippen LogP contribution in [0.4, 0.5) is 8.78 Å². The van der Waals surface area contributed by atoms with Gasteiger partial charge in [-0.25, -0.2) is 8.78 Å². The Hall–Kier alpha value is -1.65. The van der Waals surface area contributed by atoms with E-state index in [-0.39, 0.29) is 12.6 Å². The predicted octanol–water partition coefficient (Wildman–Crippen LogP) is 3.71. The Labute approximate surface area is 126 Å². The SMILES string of the molecule is Fc1ccc(F)c(CNCC2Cc3cc(Cl)ccc3O2)c1. The molecule has 1 atom stereocenters. The van der Waals surface area contributed by atoms with E-state index in [1.54, 1.807) is 6.07 Å². The minimum atomic E-state index is -0.438. The number of ether oxygens (including phenoxy) is 1. The highest BCUT2D eigenvalue weighted by molar-refractivity contribution is 6.30. The van der Waals surface area contributed by atoms with Crippen molar-refractivity contribution in [1.29, 1.82) is 0 Å². The van der Waals surface area contributed by atoms with Gasteiger partial charge >= 0.3 is 0 Å². The molecule has 110 valence electrons. The molecule has 2 aromatic rings. The minimum absolute atomic E-state index is 0.0184. The van der Waals surface area contributed by atoms with Crippen molar-refractivity contribution in [3.05, 3.63) is 64.2 Å². The second-order valence-corrected chi connectivity index (χ2v) is 5.50. The van der Waals surface area contributed by atoms with Gasteiger partial charge in [0.05, 0.1) is 0 Å². The first-order chi connectivity index (χ1) is 10.1. The van der Waals surface area contributed by atoms with Crippen LogP contribution in [0, 0.1) is 11.6 Å². The molecule has 0 saturated carbocycles. The molecule has 1 N–H and O–H groups in total. The van der Waals surface area contributed by atoms with E-state index >= 15 is 0 Å². The average molecular weight is 310 g/mol. The van der Waals surface area contributed by atoms with Gasteiger partial charge in [-0.15, -0.1) is 0 Å². The first kappa shape index (κ1) is 14.3. The number of fused-ring (bicyclic) bond motifs is 1. The van der Waals surface area contributed by atoms with Crippen LogP contribution in [-0.4, -0.2) is 12.6 Å². The van der Waals surface area contributed by atoms with E-state index in [1.165, 1.54) is 6.07 Å². The van der Waals surface area contributed by atoms with Crippen LogP contribution in [0.1, 0.15) is 11.1 Å². The summed E-state index contributed by atoms with van der Waals surface area (Å²) < 4.78 is 32.3. The van der Waals surface area contributed by atoms with Crippen LogP contribution in [0.25, 0.3) is 0 Å². The largest absolute Gasteiger partial charge is 0.488 e. The fourth-order valence-corrected chi connectivity index (χ4v) is 2.64. The summed E-state index contributed by atoms with van der Waals surface area (Å²) in [6, 6.07) is 8.98. The van der Waals surface area contributed by atoms with E-state index in [1.807, 2.05) is 12.1 Å². The molecule has 0 saturated heterocycles. The smallest absolute Gasteiger partial charge is 0.127 e. The Balaban J connectivity index is 1.54. The van der Waals surface area contributed by atoms with Gasteiger partial charge in [-0.3, -0.25) is 0 Å². The number of rotatable bonds is 4. The maximum Gasteiger partial charge on any atom is 0.127 e. The van der Waals surface area contributed by atoms with Crippen LogP contribution in [0.2, 0.25) is 5.02 Å². The molecule has 1 aliphatic rings. The van der Waals surface area contributed by atoms with Crippen molar-refractivity contribution >= 4 is 11.6 Å². The first-order valence-electron chi connectivity index (χ1n) is 6.71. The van der Waals surface area contributed by atoms with Gasteiger partial charge in [0.15, 0.2) is 0 Å². The first-order valence-corrected chi connectivity index (χ1v) is 7.09. The fraction of sp³-hybridized carbons (Fsp3) is 0.250. The molecule has 3 rings (SSSR count). The third-order valence-corrected chi connectivity index (χ3v) is 3.69. The Morgan fingerprint density at radius 3 is 2.90 bits per heavy atom. The van der Waals surface area contributed by atoms with Crippen LogP contribution in [0.15, 0.2) is 36.4 Å². The number of hydrogen-bond donors (Lipinski definition) is 1. The van der Waals surface area contributed by atoms with Crippen LogP contribution in [-0.2, 0) is 13.0 Å². The standard InChI is InChI=1S/C16H14ClF2NO/c17-12-1-4-16-10(5-12)7-14(21-16)9-20-8-11-6-13(18)2-3-15(11)19/h1-6,14,20H,7-9H2. The summed E-state index contributed by atoms with van der Waals surface area (Å²) in [6.45, 7) is 0.822. The van der Waals surface area contributed by atoms with E-state index in [0.29, 0.717) is 17.1 Å². The fourth-order valence-electron chi connectivity index (χ4n) is 2.45. The minimum Gasteiger partial charge on any atom is -0.488 e. The Kier molecular flexibility index (Phi) is 4.08. The Morgan fingerprint density at radius 2 is 2.05 bits per heavy atom. The van der Waals surface area contributed by atoms with Gasteiger partial charge in [0.2, 0.25) is 0 Å². The summed E-state index contributed by atoms with van der Waals surface area (Å²) in [5, 5.41) is 3.78. The normalized spacial score (nSPS) is 16.6. The van der Waals surface area contributed by atoms with Gasteiger partial charge in [-0.05, 0) is 42.0 Å². The summed E-state index contributed by atoms with van der Waals surface area (Å²) in [7, 11) is 0. The summed E-state index contributed by atoms with van der Waals surface area (Å²) >= 11 is 5.94. The van der Waals surface area contributed by atoms with E-state index in [0.717, 1.165) is 29.9 Å². The van der Waals surface area contributed by atoms with E-state index in [4.69, 9.17) is 16.3 Å². The second-order valence-electron chi connectivity index (χ2n) is 5.06. The van der Waals surface area contributed by atoms with Crippen molar-refractivity contribution in [3.8, 4) is 5.75 Å². The predicted molar refractivity (Wildman–Crippen MR) is 77.6 cm³/mol. The molecule has 5 heteroatoms. The molecule has 0 amide bonds. The molecule has 0 aliphatic carbocycles. The maximum absolute atomic E-state index is 13.5. The second kappa shape index (κ2) is 6.00. The van der Waals surface area contributed by atoms with Gasteiger partial charge < -0.3 is 10.1 Å². The molecular formula is C16H14ClF2NO. The summed E-state index contributed by atoms with van der Waals surface area (Å²) in [4.78, 5) is 0. The summed E-state index contributed by atoms with van der Waals surface area (Å²) in [5.74, 6) is -0.0122. The lowest BCUT2D eigenvalue weighted by Crippen LogP contribution is -2.30. The summed E-state index contributed by atoms with van der Waals surface area (Å²) in [6.07, 6.45) is 0.740. The zero-order valence-corrected chi connectivity index (χ0v) is 12.0. The van der Waals surface area contributed by atoms with E-state index in [9.17, 15) is 8.78 Å². The van der Waals surface area contributed by atoms with Gasteiger partial charge in [0.1, 0.15) is 23.5 Å². The zero-order valence-electron chi connectivity index (χ0n) is 11.2. The molecule has 1 unspecified atom stereocenters. The van der Waals surface area contributed by atoms with Gasteiger partial charge in [-0.1, -0.05) is 11.6 Å². The Morgan fingerprint density at radius 1 is 1.19 bits per heavy atom. The lowest BCUT2D eigenvalue weighted by molar-refractivity contribution is 0.227. The van der Waals surface area contributed by atoms with Crippen LogP contribution >= 0.6 is 11.6 Å². The molecule has 2 aromatic carbocycles. The van der Waals surface area contributed by atoms with Crippen LogP contribution < -0.4 is 10.1 Å². The Bertz CT molecular complexity index is 663. The van der Waals surface area contributed by atoms with Crippen LogP contribution in [0.3, 0.4) is 0 Å². The van der Waals surface area contributed by atoms with Gasteiger partial charge in [-0.2, -0.15) is 0 Å². The highest BCUT2D eigenvalue weighted by Crippen LogP contribution is 2.30. The van der Waals surface area contributed by atoms with E-state index < -0.39 is 11.6 Å². The van der Waals surface area contributed by atoms with Crippen LogP contribution in [0.5, 0.6) is 5.75 Å². The quantitative estimate of drug-likeness (QED) is 0.929. The third-order valence-electron chi connectivity index (χ3n) is 3.46. The monoisotopic (exact) mass is 309 g/mol. The molecule has 0 fully saturated rings. The third kappa shape index (κ3) is 3.34. The van der Waals surface area contributed by atoms with Crippen molar-refractivity contribution in [2.45, 2.75) is 19.1 Å². The van der Waals surface area contributed by atoms with Crippen molar-refractivity contribution in [3.63, 3.8) is 0 Å². The molecule has 21 heavy (non-hydrogen) atoms. The summed E-state index contributed by atoms with van der Waals surface area (Å²) in [5.41, 5.74) is 1.39. The lowest BCUT2D eigenvalue weighted by Gasteiger charge is -2.12. The molecule has 0 aromatic heterocycles. The van der Waals surface area contributed by atoms with E-state index in [2.05, 4.69) is 5.32 Å². The molecular weight excluding hydrogens is 296 g/mol. The molecule has 0 bridgehead atoms. The number of benzene rings is 2. The van der Waals surface area contributed by atoms with Gasteiger partial charge in [0, 0.05) is 30.1 Å². The van der Waals surface area contributed by atoms with Crippen molar-refractivity contribution < 1.29 is 13.5 Å². The van der Waals surface area contributed by atoms with Gasteiger partial charge in [0.25, 0.3) is 0 Å². The zero-order chi connectivity index (χ0) is 14.8. The number of hydrogen-bond acceptors (Lipinski definition) is 2. The maximum atomic E-state index is 13.5. The van der Waals surface area contributed by atoms with Crippen molar-refractivity contribution in [2.24, 2.45) is 0 Å². The lowest BCUT2D eigenvalue weighted by atomic mass is 10.1. The molecule has 2 nitrogen and oxygen atoms in total. The molecule has 0 radical (unpaired) electrons. The van der Waals surface area contributed by atoms with Crippen molar-refractivity contribution in [2.75, 3.05) is 6.54 Å². The highest BCUT2D eigenvalue weighted by atomic mass is 35.5. The molecule has 1 heterocycles. The number of nitrogens with one attached hydrogen (secondary N) is 1. The highest BCUT2D eigenvalue weighted by Gasteiger charge is 2.22.